The molecule has 0 radical (unpaired) electrons. The van der Waals surface area contributed by atoms with Crippen molar-refractivity contribution in [2.45, 2.75) is 63.9 Å². The average Bonchev–Trinajstić information content (AvgIpc) is 3.51. The van der Waals surface area contributed by atoms with Crippen molar-refractivity contribution in [1.29, 1.82) is 5.41 Å². The molecule has 7 aliphatic rings. The van der Waals surface area contributed by atoms with Gasteiger partial charge in [0, 0.05) is 23.5 Å². The Morgan fingerprint density at radius 3 is 2.77 bits per heavy atom. The molecule has 1 aliphatic heterocycles. The number of rotatable bonds is 0. The monoisotopic (exact) mass is 351 g/mol. The summed E-state index contributed by atoms with van der Waals surface area (Å²) in [5, 5.41) is 8.14. The lowest BCUT2D eigenvalue weighted by Crippen LogP contribution is -2.55. The normalized spacial score (nSPS) is 61.0. The number of nitrogens with one attached hydrogen (secondary N) is 1. The number of fused-ring (bicyclic) bond motifs is 12. The molecule has 3 nitrogen and oxygen atoms in total. The Kier molecular flexibility index (Phi) is 2.46. The molecular formula is C23H29NO2. The maximum Gasteiger partial charge on any atom is 0.306 e. The van der Waals surface area contributed by atoms with Gasteiger partial charge < -0.3 is 10.1 Å². The summed E-state index contributed by atoms with van der Waals surface area (Å²) in [4.78, 5) is 12.1. The number of carbonyl (C=O) groups excluding carboxylic acids is 1. The number of hydrogen-bond donors (Lipinski definition) is 1. The predicted octanol–water partition coefficient (Wildman–Crippen LogP) is 4.37. The van der Waals surface area contributed by atoms with Crippen molar-refractivity contribution in [2.24, 2.45) is 52.8 Å². The zero-order valence-electron chi connectivity index (χ0n) is 15.7. The van der Waals surface area contributed by atoms with Crippen LogP contribution in [-0.2, 0) is 9.53 Å². The third kappa shape index (κ3) is 1.49. The van der Waals surface area contributed by atoms with Crippen LogP contribution in [0.3, 0.4) is 0 Å². The molecule has 1 saturated heterocycles. The van der Waals surface area contributed by atoms with Crippen LogP contribution in [0.15, 0.2) is 11.6 Å². The Hall–Kier alpha value is -1.12. The number of hydrogen-bond acceptors (Lipinski definition) is 3. The Bertz CT molecular complexity index is 785. The first-order valence-corrected chi connectivity index (χ1v) is 11.0. The number of ether oxygens (including phenoxy) is 1. The van der Waals surface area contributed by atoms with Gasteiger partial charge in [0.25, 0.3) is 0 Å². The first kappa shape index (κ1) is 14.9. The minimum Gasteiger partial charge on any atom is -0.458 e. The van der Waals surface area contributed by atoms with E-state index in [0.29, 0.717) is 12.3 Å². The standard InChI is InChI=1S/C23H29NO2/c1-22-6-4-13-12-3-2-11(24)8-14(12)15-9-16(15)20(13)21(22)17-10-18(17)23(22)7-5-19(25)26-23/h8,12-13,15-18,20-21,24H,2-7,9-10H2,1H3/t12-,13?,15?,16?,17?,18?,20?,21?,22+,23+/m1/s1. The molecule has 3 heteroatoms. The van der Waals surface area contributed by atoms with Crippen molar-refractivity contribution in [2.75, 3.05) is 0 Å². The number of allylic oxidation sites excluding steroid dienone is 2. The van der Waals surface area contributed by atoms with Gasteiger partial charge in [-0.05, 0) is 92.4 Å². The van der Waals surface area contributed by atoms with Crippen LogP contribution in [0.5, 0.6) is 0 Å². The van der Waals surface area contributed by atoms with Crippen molar-refractivity contribution < 1.29 is 9.53 Å². The van der Waals surface area contributed by atoms with Crippen molar-refractivity contribution in [3.8, 4) is 0 Å². The summed E-state index contributed by atoms with van der Waals surface area (Å²) in [6, 6.07) is 0. The lowest BCUT2D eigenvalue weighted by molar-refractivity contribution is -0.174. The summed E-state index contributed by atoms with van der Waals surface area (Å²) in [6.45, 7) is 2.51. The molecule has 10 atom stereocenters. The molecule has 0 aromatic carbocycles. The molecule has 0 amide bonds. The first-order chi connectivity index (χ1) is 12.5. The highest BCUT2D eigenvalue weighted by Crippen LogP contribution is 2.81. The minimum atomic E-state index is -0.0976. The van der Waals surface area contributed by atoms with Crippen molar-refractivity contribution in [3.05, 3.63) is 11.6 Å². The highest BCUT2D eigenvalue weighted by molar-refractivity contribution is 5.94. The molecule has 138 valence electrons. The summed E-state index contributed by atoms with van der Waals surface area (Å²) < 4.78 is 6.21. The second kappa shape index (κ2) is 4.31. The van der Waals surface area contributed by atoms with E-state index in [1.54, 1.807) is 5.57 Å². The minimum absolute atomic E-state index is 0.0728. The summed E-state index contributed by atoms with van der Waals surface area (Å²) in [5.41, 5.74) is 2.69. The van der Waals surface area contributed by atoms with Crippen molar-refractivity contribution >= 4 is 11.7 Å². The van der Waals surface area contributed by atoms with Gasteiger partial charge in [-0.2, -0.15) is 0 Å². The smallest absolute Gasteiger partial charge is 0.306 e. The Morgan fingerprint density at radius 2 is 1.96 bits per heavy atom. The van der Waals surface area contributed by atoms with Crippen molar-refractivity contribution in [3.63, 3.8) is 0 Å². The molecule has 6 aliphatic carbocycles. The second-order valence-corrected chi connectivity index (χ2v) is 10.9. The molecule has 1 heterocycles. The number of carbonyl (C=O) groups is 1. The van der Waals surface area contributed by atoms with Crippen LogP contribution in [0, 0.1) is 58.2 Å². The molecule has 1 spiro atoms. The lowest BCUT2D eigenvalue weighted by atomic mass is 9.49. The second-order valence-electron chi connectivity index (χ2n) is 10.9. The van der Waals surface area contributed by atoms with Gasteiger partial charge in [-0.15, -0.1) is 0 Å². The predicted molar refractivity (Wildman–Crippen MR) is 97.6 cm³/mol. The van der Waals surface area contributed by atoms with Crippen LogP contribution in [0.4, 0.5) is 0 Å². The van der Waals surface area contributed by atoms with E-state index in [4.69, 9.17) is 10.1 Å². The largest absolute Gasteiger partial charge is 0.458 e. The van der Waals surface area contributed by atoms with E-state index >= 15 is 0 Å². The molecule has 6 fully saturated rings. The van der Waals surface area contributed by atoms with E-state index in [1.165, 1.54) is 32.1 Å². The fraction of sp³-hybridized carbons (Fsp3) is 0.826. The number of esters is 1. The SMILES string of the molecule is C[C@]12CCC3C(C4CC4C4=CC(=N)CC[C@@H]43)C1C1CC1[C@@]21CCC(=O)O1. The van der Waals surface area contributed by atoms with Crippen LogP contribution < -0.4 is 0 Å². The van der Waals surface area contributed by atoms with Crippen LogP contribution in [0.1, 0.15) is 58.3 Å². The molecule has 7 rings (SSSR count). The van der Waals surface area contributed by atoms with Gasteiger partial charge in [0.15, 0.2) is 0 Å². The first-order valence-electron chi connectivity index (χ1n) is 11.0. The maximum atomic E-state index is 12.1. The molecule has 7 unspecified atom stereocenters. The van der Waals surface area contributed by atoms with Crippen LogP contribution in [0.2, 0.25) is 0 Å². The van der Waals surface area contributed by atoms with Crippen LogP contribution >= 0.6 is 0 Å². The Labute approximate surface area is 155 Å². The van der Waals surface area contributed by atoms with Gasteiger partial charge in [-0.1, -0.05) is 12.5 Å². The fourth-order valence-electron chi connectivity index (χ4n) is 9.37. The van der Waals surface area contributed by atoms with Crippen molar-refractivity contribution in [1.82, 2.24) is 0 Å². The van der Waals surface area contributed by atoms with Crippen LogP contribution in [-0.4, -0.2) is 17.3 Å². The van der Waals surface area contributed by atoms with E-state index in [0.717, 1.165) is 60.0 Å². The summed E-state index contributed by atoms with van der Waals surface area (Å²) >= 11 is 0. The summed E-state index contributed by atoms with van der Waals surface area (Å²) in [6.07, 6.45) is 11.4. The quantitative estimate of drug-likeness (QED) is 0.659. The zero-order valence-corrected chi connectivity index (χ0v) is 15.7. The Morgan fingerprint density at radius 1 is 1.08 bits per heavy atom. The maximum absolute atomic E-state index is 12.1. The molecule has 26 heavy (non-hydrogen) atoms. The highest BCUT2D eigenvalue weighted by atomic mass is 16.6. The fourth-order valence-corrected chi connectivity index (χ4v) is 9.37. The molecule has 0 bridgehead atoms. The summed E-state index contributed by atoms with van der Waals surface area (Å²) in [7, 11) is 0. The summed E-state index contributed by atoms with van der Waals surface area (Å²) in [5.74, 6) is 6.56. The van der Waals surface area contributed by atoms with E-state index in [1.807, 2.05) is 0 Å². The molecule has 0 aromatic heterocycles. The van der Waals surface area contributed by atoms with Gasteiger partial charge in [0.2, 0.25) is 0 Å². The van der Waals surface area contributed by atoms with E-state index in [-0.39, 0.29) is 17.0 Å². The van der Waals surface area contributed by atoms with Gasteiger partial charge >= 0.3 is 5.97 Å². The molecule has 5 saturated carbocycles. The zero-order chi connectivity index (χ0) is 17.4. The topological polar surface area (TPSA) is 50.2 Å². The lowest BCUT2D eigenvalue weighted by Gasteiger charge is -2.57. The molecule has 0 aromatic rings. The van der Waals surface area contributed by atoms with Gasteiger partial charge in [0.1, 0.15) is 5.60 Å². The van der Waals surface area contributed by atoms with E-state index in [2.05, 4.69) is 13.0 Å². The Balaban J connectivity index is 1.31. The van der Waals surface area contributed by atoms with Gasteiger partial charge in [-0.25, -0.2) is 0 Å². The van der Waals surface area contributed by atoms with Gasteiger partial charge in [-0.3, -0.25) is 4.79 Å². The molecule has 1 N–H and O–H groups in total. The van der Waals surface area contributed by atoms with Crippen LogP contribution in [0.25, 0.3) is 0 Å². The third-order valence-corrected chi connectivity index (χ3v) is 10.3. The van der Waals surface area contributed by atoms with E-state index in [9.17, 15) is 4.79 Å². The third-order valence-electron chi connectivity index (χ3n) is 10.3. The van der Waals surface area contributed by atoms with Gasteiger partial charge in [0.05, 0.1) is 0 Å². The molecular weight excluding hydrogens is 322 g/mol. The highest BCUT2D eigenvalue weighted by Gasteiger charge is 2.80. The average molecular weight is 351 g/mol. The van der Waals surface area contributed by atoms with E-state index < -0.39 is 0 Å².